The van der Waals surface area contributed by atoms with Gasteiger partial charge in [-0.1, -0.05) is 6.07 Å². The van der Waals surface area contributed by atoms with Gasteiger partial charge in [0.05, 0.1) is 0 Å². The number of benzene rings is 1. The zero-order valence-corrected chi connectivity index (χ0v) is 11.1. The summed E-state index contributed by atoms with van der Waals surface area (Å²) in [6.45, 7) is 2.42. The number of aromatic nitrogens is 1. The molecule has 0 unspecified atom stereocenters. The van der Waals surface area contributed by atoms with Crippen LogP contribution in [0.2, 0.25) is 0 Å². The Kier molecular flexibility index (Phi) is 4.13. The first kappa shape index (κ1) is 13.1. The van der Waals surface area contributed by atoms with E-state index in [2.05, 4.69) is 15.6 Å². The lowest BCUT2D eigenvalue weighted by atomic mass is 10.1. The summed E-state index contributed by atoms with van der Waals surface area (Å²) in [5.74, 6) is -0.0657. The second kappa shape index (κ2) is 6.00. The van der Waals surface area contributed by atoms with Crippen molar-refractivity contribution in [2.45, 2.75) is 13.5 Å². The van der Waals surface area contributed by atoms with Gasteiger partial charge in [0.2, 0.25) is 0 Å². The molecule has 0 aliphatic rings. The number of hydrogen-bond donors (Lipinski definition) is 2. The number of hydrogen-bond acceptors (Lipinski definition) is 3. The molecule has 2 rings (SSSR count). The van der Waals surface area contributed by atoms with Crippen LogP contribution >= 0.6 is 0 Å². The van der Waals surface area contributed by atoms with Crippen LogP contribution in [-0.4, -0.2) is 17.9 Å². The Bertz CT molecular complexity index is 567. The van der Waals surface area contributed by atoms with Gasteiger partial charge in [0, 0.05) is 37.2 Å². The molecule has 4 heteroatoms. The summed E-state index contributed by atoms with van der Waals surface area (Å²) in [7, 11) is 1.86. The van der Waals surface area contributed by atoms with E-state index in [4.69, 9.17) is 0 Å². The van der Waals surface area contributed by atoms with Gasteiger partial charge in [-0.05, 0) is 42.3 Å². The SMILES string of the molecule is CNc1ccc(C(=O)NCc2cccnc2)c(C)c1. The van der Waals surface area contributed by atoms with Gasteiger partial charge in [-0.15, -0.1) is 0 Å². The summed E-state index contributed by atoms with van der Waals surface area (Å²) in [4.78, 5) is 16.1. The average Bonchev–Trinajstić information content (AvgIpc) is 2.45. The molecular weight excluding hydrogens is 238 g/mol. The van der Waals surface area contributed by atoms with E-state index in [0.717, 1.165) is 16.8 Å². The van der Waals surface area contributed by atoms with Gasteiger partial charge in [-0.2, -0.15) is 0 Å². The standard InChI is InChI=1S/C15H17N3O/c1-11-8-13(16-2)5-6-14(11)15(19)18-10-12-4-3-7-17-9-12/h3-9,16H,10H2,1-2H3,(H,18,19). The number of anilines is 1. The van der Waals surface area contributed by atoms with Crippen LogP contribution in [0.3, 0.4) is 0 Å². The van der Waals surface area contributed by atoms with Crippen molar-refractivity contribution in [3.63, 3.8) is 0 Å². The summed E-state index contributed by atoms with van der Waals surface area (Å²) >= 11 is 0. The van der Waals surface area contributed by atoms with Crippen LogP contribution in [0.1, 0.15) is 21.5 Å². The van der Waals surface area contributed by atoms with Crippen molar-refractivity contribution in [1.82, 2.24) is 10.3 Å². The van der Waals surface area contributed by atoms with Crippen LogP contribution in [0.4, 0.5) is 5.69 Å². The molecule has 4 nitrogen and oxygen atoms in total. The van der Waals surface area contributed by atoms with E-state index in [1.165, 1.54) is 0 Å². The monoisotopic (exact) mass is 255 g/mol. The zero-order valence-electron chi connectivity index (χ0n) is 11.1. The van der Waals surface area contributed by atoms with Crippen molar-refractivity contribution < 1.29 is 4.79 Å². The van der Waals surface area contributed by atoms with E-state index in [1.807, 2.05) is 44.3 Å². The fourth-order valence-electron chi connectivity index (χ4n) is 1.85. The largest absolute Gasteiger partial charge is 0.388 e. The maximum absolute atomic E-state index is 12.1. The minimum atomic E-state index is -0.0657. The summed E-state index contributed by atoms with van der Waals surface area (Å²) in [6.07, 6.45) is 3.46. The third-order valence-corrected chi connectivity index (χ3v) is 2.94. The smallest absolute Gasteiger partial charge is 0.251 e. The van der Waals surface area contributed by atoms with Gasteiger partial charge in [0.1, 0.15) is 0 Å². The zero-order chi connectivity index (χ0) is 13.7. The molecule has 19 heavy (non-hydrogen) atoms. The Balaban J connectivity index is 2.04. The van der Waals surface area contributed by atoms with Crippen LogP contribution < -0.4 is 10.6 Å². The molecule has 2 N–H and O–H groups in total. The van der Waals surface area contributed by atoms with Crippen molar-refractivity contribution in [2.24, 2.45) is 0 Å². The number of pyridine rings is 1. The minimum Gasteiger partial charge on any atom is -0.388 e. The fraction of sp³-hybridized carbons (Fsp3) is 0.200. The molecule has 1 aromatic carbocycles. The van der Waals surface area contributed by atoms with Crippen molar-refractivity contribution in [3.05, 3.63) is 59.4 Å². The van der Waals surface area contributed by atoms with Gasteiger partial charge in [0.15, 0.2) is 0 Å². The lowest BCUT2D eigenvalue weighted by Gasteiger charge is -2.09. The van der Waals surface area contributed by atoms with Crippen LogP contribution in [0.15, 0.2) is 42.7 Å². The molecule has 0 aliphatic carbocycles. The fourth-order valence-corrected chi connectivity index (χ4v) is 1.85. The lowest BCUT2D eigenvalue weighted by Crippen LogP contribution is -2.23. The van der Waals surface area contributed by atoms with Gasteiger partial charge in [0.25, 0.3) is 5.91 Å². The maximum Gasteiger partial charge on any atom is 0.251 e. The summed E-state index contributed by atoms with van der Waals surface area (Å²) < 4.78 is 0. The van der Waals surface area contributed by atoms with Gasteiger partial charge < -0.3 is 10.6 Å². The Morgan fingerprint density at radius 2 is 2.16 bits per heavy atom. The molecule has 2 aromatic rings. The van der Waals surface area contributed by atoms with Crippen LogP contribution in [-0.2, 0) is 6.54 Å². The third-order valence-electron chi connectivity index (χ3n) is 2.94. The topological polar surface area (TPSA) is 54.0 Å². The molecule has 0 aliphatic heterocycles. The molecule has 0 saturated heterocycles. The Morgan fingerprint density at radius 3 is 2.79 bits per heavy atom. The van der Waals surface area contributed by atoms with Crippen LogP contribution in [0.5, 0.6) is 0 Å². The first-order valence-corrected chi connectivity index (χ1v) is 6.16. The second-order valence-corrected chi connectivity index (χ2v) is 4.32. The normalized spacial score (nSPS) is 10.0. The number of nitrogens with one attached hydrogen (secondary N) is 2. The van der Waals surface area contributed by atoms with Gasteiger partial charge in [-0.3, -0.25) is 9.78 Å². The Hall–Kier alpha value is -2.36. The molecule has 0 bridgehead atoms. The minimum absolute atomic E-state index is 0.0657. The molecule has 98 valence electrons. The van der Waals surface area contributed by atoms with E-state index in [9.17, 15) is 4.79 Å². The highest BCUT2D eigenvalue weighted by Gasteiger charge is 2.08. The van der Waals surface area contributed by atoms with Crippen molar-refractivity contribution >= 4 is 11.6 Å². The van der Waals surface area contributed by atoms with E-state index in [0.29, 0.717) is 12.1 Å². The Morgan fingerprint density at radius 1 is 1.32 bits per heavy atom. The number of carbonyl (C=O) groups is 1. The predicted molar refractivity (Wildman–Crippen MR) is 76.1 cm³/mol. The molecule has 1 amide bonds. The molecule has 1 heterocycles. The van der Waals surface area contributed by atoms with E-state index < -0.39 is 0 Å². The van der Waals surface area contributed by atoms with Crippen molar-refractivity contribution in [3.8, 4) is 0 Å². The van der Waals surface area contributed by atoms with Gasteiger partial charge in [-0.25, -0.2) is 0 Å². The second-order valence-electron chi connectivity index (χ2n) is 4.32. The maximum atomic E-state index is 12.1. The molecule has 0 radical (unpaired) electrons. The number of nitrogens with zero attached hydrogens (tertiary/aromatic N) is 1. The van der Waals surface area contributed by atoms with E-state index >= 15 is 0 Å². The highest BCUT2D eigenvalue weighted by Crippen LogP contribution is 2.14. The van der Waals surface area contributed by atoms with Crippen LogP contribution in [0, 0.1) is 6.92 Å². The third kappa shape index (κ3) is 3.31. The molecule has 0 atom stereocenters. The number of amides is 1. The average molecular weight is 255 g/mol. The first-order chi connectivity index (χ1) is 9.20. The predicted octanol–water partition coefficient (Wildman–Crippen LogP) is 2.36. The summed E-state index contributed by atoms with van der Waals surface area (Å²) in [5.41, 5.74) is 3.64. The molecular formula is C15H17N3O. The highest BCUT2D eigenvalue weighted by molar-refractivity contribution is 5.96. The first-order valence-electron chi connectivity index (χ1n) is 6.16. The number of carbonyl (C=O) groups excluding carboxylic acids is 1. The van der Waals surface area contributed by atoms with Gasteiger partial charge >= 0.3 is 0 Å². The molecule has 0 saturated carbocycles. The Labute approximate surface area is 112 Å². The lowest BCUT2D eigenvalue weighted by molar-refractivity contribution is 0.0950. The van der Waals surface area contributed by atoms with Crippen LogP contribution in [0.25, 0.3) is 0 Å². The van der Waals surface area contributed by atoms with E-state index in [1.54, 1.807) is 12.4 Å². The molecule has 0 fully saturated rings. The number of aryl methyl sites for hydroxylation is 1. The van der Waals surface area contributed by atoms with Crippen molar-refractivity contribution in [1.29, 1.82) is 0 Å². The van der Waals surface area contributed by atoms with E-state index in [-0.39, 0.29) is 5.91 Å². The molecule has 1 aromatic heterocycles. The number of rotatable bonds is 4. The quantitative estimate of drug-likeness (QED) is 0.881. The molecule has 0 spiro atoms. The highest BCUT2D eigenvalue weighted by atomic mass is 16.1. The summed E-state index contributed by atoms with van der Waals surface area (Å²) in [5, 5.41) is 5.95. The summed E-state index contributed by atoms with van der Waals surface area (Å²) in [6, 6.07) is 9.48. The van der Waals surface area contributed by atoms with Crippen molar-refractivity contribution in [2.75, 3.05) is 12.4 Å².